The summed E-state index contributed by atoms with van der Waals surface area (Å²) < 4.78 is 26.6. The summed E-state index contributed by atoms with van der Waals surface area (Å²) in [5.74, 6) is 0.943. The molecule has 7 heteroatoms. The third-order valence-corrected chi connectivity index (χ3v) is 7.24. The molecule has 3 fully saturated rings. The first-order valence-electron chi connectivity index (χ1n) is 7.35. The fourth-order valence-corrected chi connectivity index (χ4v) is 5.99. The molecule has 1 saturated carbocycles. The maximum atomic E-state index is 12.5. The van der Waals surface area contributed by atoms with Crippen LogP contribution in [0.3, 0.4) is 0 Å². The third-order valence-electron chi connectivity index (χ3n) is 5.28. The molecule has 2 heterocycles. The van der Waals surface area contributed by atoms with Crippen molar-refractivity contribution in [3.63, 3.8) is 0 Å². The molecule has 2 atom stereocenters. The minimum atomic E-state index is -3.14. The van der Waals surface area contributed by atoms with Gasteiger partial charge in [-0.05, 0) is 31.2 Å². The summed E-state index contributed by atoms with van der Waals surface area (Å²) in [4.78, 5) is 0. The number of hydrogen-bond acceptors (Lipinski definition) is 4. The number of fused-ring (bicyclic) bond motifs is 1. The summed E-state index contributed by atoms with van der Waals surface area (Å²) in [5, 5.41) is 12.9. The quantitative estimate of drug-likeness (QED) is 0.787. The average Bonchev–Trinajstić information content (AvgIpc) is 3.01. The molecule has 2 aliphatic heterocycles. The lowest BCUT2D eigenvalue weighted by Gasteiger charge is -2.25. The lowest BCUT2D eigenvalue weighted by molar-refractivity contribution is 0.130. The first-order valence-corrected chi connectivity index (χ1v) is 8.96. The van der Waals surface area contributed by atoms with E-state index in [0.717, 1.165) is 25.9 Å². The standard InChI is InChI=1S/C13H24N2O3S.ClH/c16-10-13-8-14-5-12(13)6-15(9-13)19(17,18)7-11-3-1-2-4-11;/h11-12,14,16H,1-10H2;1H. The zero-order valence-corrected chi connectivity index (χ0v) is 13.4. The Morgan fingerprint density at radius 3 is 2.60 bits per heavy atom. The fraction of sp³-hybridized carbons (Fsp3) is 1.00. The van der Waals surface area contributed by atoms with Crippen molar-refractivity contribution in [2.45, 2.75) is 25.7 Å². The Morgan fingerprint density at radius 2 is 2.00 bits per heavy atom. The topological polar surface area (TPSA) is 69.6 Å². The molecular formula is C13H25ClN2O3S. The minimum absolute atomic E-state index is 0. The second kappa shape index (κ2) is 6.08. The van der Waals surface area contributed by atoms with Crippen LogP contribution in [-0.2, 0) is 10.0 Å². The molecule has 0 aromatic rings. The van der Waals surface area contributed by atoms with Gasteiger partial charge in [-0.25, -0.2) is 12.7 Å². The number of sulfonamides is 1. The number of nitrogens with one attached hydrogen (secondary N) is 1. The Labute approximate surface area is 127 Å². The van der Waals surface area contributed by atoms with Crippen LogP contribution in [-0.4, -0.2) is 56.4 Å². The van der Waals surface area contributed by atoms with Crippen LogP contribution in [0.2, 0.25) is 0 Å². The van der Waals surface area contributed by atoms with Crippen LogP contribution in [0.5, 0.6) is 0 Å². The van der Waals surface area contributed by atoms with Gasteiger partial charge in [-0.1, -0.05) is 12.8 Å². The molecule has 5 nitrogen and oxygen atoms in total. The molecule has 0 radical (unpaired) electrons. The van der Waals surface area contributed by atoms with E-state index >= 15 is 0 Å². The summed E-state index contributed by atoms with van der Waals surface area (Å²) in [5.41, 5.74) is -0.233. The Hall–Kier alpha value is 0.120. The zero-order chi connectivity index (χ0) is 13.5. The van der Waals surface area contributed by atoms with Crippen molar-refractivity contribution in [2.75, 3.05) is 38.5 Å². The highest BCUT2D eigenvalue weighted by Gasteiger charge is 2.52. The molecule has 0 aromatic carbocycles. The summed E-state index contributed by atoms with van der Waals surface area (Å²) in [6.45, 7) is 2.73. The van der Waals surface area contributed by atoms with Gasteiger partial charge in [-0.15, -0.1) is 12.4 Å². The van der Waals surface area contributed by atoms with Gasteiger partial charge in [0, 0.05) is 25.0 Å². The molecule has 3 aliphatic rings. The van der Waals surface area contributed by atoms with Gasteiger partial charge in [-0.2, -0.15) is 0 Å². The van der Waals surface area contributed by atoms with Crippen LogP contribution < -0.4 is 5.32 Å². The molecule has 2 N–H and O–H groups in total. The van der Waals surface area contributed by atoms with Crippen LogP contribution in [0.15, 0.2) is 0 Å². The van der Waals surface area contributed by atoms with E-state index in [1.54, 1.807) is 4.31 Å². The van der Waals surface area contributed by atoms with Crippen LogP contribution >= 0.6 is 12.4 Å². The van der Waals surface area contributed by atoms with E-state index in [4.69, 9.17) is 0 Å². The van der Waals surface area contributed by atoms with Crippen molar-refractivity contribution in [1.82, 2.24) is 9.62 Å². The maximum Gasteiger partial charge on any atom is 0.214 e. The highest BCUT2D eigenvalue weighted by Crippen LogP contribution is 2.40. The highest BCUT2D eigenvalue weighted by molar-refractivity contribution is 7.89. The van der Waals surface area contributed by atoms with Gasteiger partial charge in [0.25, 0.3) is 0 Å². The third kappa shape index (κ3) is 2.86. The van der Waals surface area contributed by atoms with Gasteiger partial charge in [0.2, 0.25) is 10.0 Å². The monoisotopic (exact) mass is 324 g/mol. The van der Waals surface area contributed by atoms with E-state index in [1.807, 2.05) is 0 Å². The molecule has 0 aromatic heterocycles. The van der Waals surface area contributed by atoms with Gasteiger partial charge in [0.15, 0.2) is 0 Å². The van der Waals surface area contributed by atoms with Crippen LogP contribution in [0.1, 0.15) is 25.7 Å². The van der Waals surface area contributed by atoms with E-state index < -0.39 is 10.0 Å². The molecule has 118 valence electrons. The number of aliphatic hydroxyl groups excluding tert-OH is 1. The normalized spacial score (nSPS) is 35.1. The van der Waals surface area contributed by atoms with Crippen molar-refractivity contribution in [1.29, 1.82) is 0 Å². The van der Waals surface area contributed by atoms with Crippen molar-refractivity contribution in [3.05, 3.63) is 0 Å². The second-order valence-corrected chi connectivity index (χ2v) is 8.58. The molecule has 20 heavy (non-hydrogen) atoms. The molecule has 1 aliphatic carbocycles. The predicted octanol–water partition coefficient (Wildman–Crippen LogP) is 0.442. The van der Waals surface area contributed by atoms with Crippen molar-refractivity contribution < 1.29 is 13.5 Å². The number of hydrogen-bond donors (Lipinski definition) is 2. The van der Waals surface area contributed by atoms with Crippen LogP contribution in [0.25, 0.3) is 0 Å². The maximum absolute atomic E-state index is 12.5. The summed E-state index contributed by atoms with van der Waals surface area (Å²) in [6, 6.07) is 0. The van der Waals surface area contributed by atoms with Gasteiger partial charge in [0.1, 0.15) is 0 Å². The SMILES string of the molecule is Cl.O=S(=O)(CC1CCCC1)N1CC2CNCC2(CO)C1. The van der Waals surface area contributed by atoms with E-state index in [2.05, 4.69) is 5.32 Å². The lowest BCUT2D eigenvalue weighted by atomic mass is 9.82. The smallest absolute Gasteiger partial charge is 0.214 e. The average molecular weight is 325 g/mol. The highest BCUT2D eigenvalue weighted by atomic mass is 35.5. The Morgan fingerprint density at radius 1 is 1.30 bits per heavy atom. The number of halogens is 1. The largest absolute Gasteiger partial charge is 0.396 e. The first kappa shape index (κ1) is 16.5. The molecule has 0 amide bonds. The molecule has 2 saturated heterocycles. The van der Waals surface area contributed by atoms with Gasteiger partial charge >= 0.3 is 0 Å². The number of aliphatic hydroxyl groups is 1. The minimum Gasteiger partial charge on any atom is -0.396 e. The summed E-state index contributed by atoms with van der Waals surface area (Å²) >= 11 is 0. The molecular weight excluding hydrogens is 300 g/mol. The first-order chi connectivity index (χ1) is 9.06. The Balaban J connectivity index is 0.00000147. The Kier molecular flexibility index (Phi) is 5.02. The van der Waals surface area contributed by atoms with Crippen LogP contribution in [0.4, 0.5) is 0 Å². The van der Waals surface area contributed by atoms with Gasteiger partial charge < -0.3 is 10.4 Å². The zero-order valence-electron chi connectivity index (χ0n) is 11.8. The molecule has 2 unspecified atom stereocenters. The predicted molar refractivity (Wildman–Crippen MR) is 80.4 cm³/mol. The number of nitrogens with zero attached hydrogens (tertiary/aromatic N) is 1. The van der Waals surface area contributed by atoms with E-state index in [-0.39, 0.29) is 30.3 Å². The van der Waals surface area contributed by atoms with Gasteiger partial charge in [0.05, 0.1) is 12.4 Å². The van der Waals surface area contributed by atoms with E-state index in [1.165, 1.54) is 12.8 Å². The van der Waals surface area contributed by atoms with Crippen molar-refractivity contribution >= 4 is 22.4 Å². The van der Waals surface area contributed by atoms with Gasteiger partial charge in [-0.3, -0.25) is 0 Å². The summed E-state index contributed by atoms with van der Waals surface area (Å²) in [7, 11) is -3.14. The van der Waals surface area contributed by atoms with Crippen molar-refractivity contribution in [3.8, 4) is 0 Å². The Bertz CT molecular complexity index is 439. The molecule has 3 rings (SSSR count). The number of rotatable bonds is 4. The molecule has 0 spiro atoms. The van der Waals surface area contributed by atoms with E-state index in [0.29, 0.717) is 24.8 Å². The summed E-state index contributed by atoms with van der Waals surface area (Å²) in [6.07, 6.45) is 4.47. The second-order valence-electron chi connectivity index (χ2n) is 6.57. The molecule has 0 bridgehead atoms. The van der Waals surface area contributed by atoms with Crippen molar-refractivity contribution in [2.24, 2.45) is 17.3 Å². The lowest BCUT2D eigenvalue weighted by Crippen LogP contribution is -2.39. The fourth-order valence-electron chi connectivity index (χ4n) is 3.99. The van der Waals surface area contributed by atoms with Crippen LogP contribution in [0, 0.1) is 17.3 Å². The van der Waals surface area contributed by atoms with E-state index in [9.17, 15) is 13.5 Å².